The second kappa shape index (κ2) is 9.14. The number of esters is 1. The topological polar surface area (TPSA) is 76.1 Å². The highest BCUT2D eigenvalue weighted by Gasteiger charge is 2.32. The number of carbonyl (C=O) groups excluding carboxylic acids is 2. The second-order valence-corrected chi connectivity index (χ2v) is 7.82. The number of hydrogen-bond acceptors (Lipinski definition) is 5. The zero-order chi connectivity index (χ0) is 22.7. The molecule has 0 radical (unpaired) electrons. The molecule has 4 rings (SSSR count). The molecule has 32 heavy (non-hydrogen) atoms. The highest BCUT2D eigenvalue weighted by molar-refractivity contribution is 5.82. The summed E-state index contributed by atoms with van der Waals surface area (Å²) in [4.78, 5) is 26.6. The van der Waals surface area contributed by atoms with E-state index in [1.807, 2.05) is 24.3 Å². The van der Waals surface area contributed by atoms with E-state index in [1.165, 1.54) is 31.2 Å². The predicted molar refractivity (Wildman–Crippen MR) is 120 cm³/mol. The number of fused-ring (bicyclic) bond motifs is 3. The van der Waals surface area contributed by atoms with Crippen molar-refractivity contribution < 1.29 is 24.2 Å². The minimum absolute atomic E-state index is 0.0616. The van der Waals surface area contributed by atoms with E-state index in [0.29, 0.717) is 0 Å². The van der Waals surface area contributed by atoms with E-state index in [2.05, 4.69) is 24.3 Å². The van der Waals surface area contributed by atoms with Gasteiger partial charge in [0, 0.05) is 19.4 Å². The first kappa shape index (κ1) is 21.4. The van der Waals surface area contributed by atoms with Crippen LogP contribution < -0.4 is 0 Å². The SMILES string of the molecule is COC(=O)[C@H](Cc1ccc(O)cc1)N(C)C(=O)OCC1c2ccccc2-c2ccccc21. The number of ether oxygens (including phenoxy) is 2. The van der Waals surface area contributed by atoms with Crippen molar-refractivity contribution in [3.63, 3.8) is 0 Å². The lowest BCUT2D eigenvalue weighted by molar-refractivity contribution is -0.145. The lowest BCUT2D eigenvalue weighted by Gasteiger charge is -2.26. The fourth-order valence-electron chi connectivity index (χ4n) is 4.19. The van der Waals surface area contributed by atoms with Gasteiger partial charge in [-0.25, -0.2) is 9.59 Å². The first-order chi connectivity index (χ1) is 15.5. The van der Waals surface area contributed by atoms with Crippen molar-refractivity contribution >= 4 is 12.1 Å². The van der Waals surface area contributed by atoms with Crippen LogP contribution in [0.3, 0.4) is 0 Å². The van der Waals surface area contributed by atoms with Gasteiger partial charge < -0.3 is 14.6 Å². The van der Waals surface area contributed by atoms with Crippen LogP contribution in [0, 0.1) is 0 Å². The van der Waals surface area contributed by atoms with Crippen molar-refractivity contribution in [3.05, 3.63) is 89.5 Å². The van der Waals surface area contributed by atoms with Crippen molar-refractivity contribution in [1.29, 1.82) is 0 Å². The van der Waals surface area contributed by atoms with Gasteiger partial charge in [-0.2, -0.15) is 0 Å². The third-order valence-corrected chi connectivity index (χ3v) is 5.93. The van der Waals surface area contributed by atoms with Crippen LogP contribution in [-0.2, 0) is 20.7 Å². The molecule has 1 amide bonds. The van der Waals surface area contributed by atoms with Gasteiger partial charge in [0.05, 0.1) is 7.11 Å². The minimum atomic E-state index is -0.847. The Hall–Kier alpha value is -3.80. The number of nitrogens with zero attached hydrogens (tertiary/aromatic N) is 1. The molecule has 1 aliphatic carbocycles. The summed E-state index contributed by atoms with van der Waals surface area (Å²) in [7, 11) is 2.82. The molecule has 6 heteroatoms. The van der Waals surface area contributed by atoms with Crippen molar-refractivity contribution in [2.75, 3.05) is 20.8 Å². The van der Waals surface area contributed by atoms with Crippen LogP contribution in [0.1, 0.15) is 22.6 Å². The molecule has 0 heterocycles. The Bertz CT molecular complexity index is 1080. The second-order valence-electron chi connectivity index (χ2n) is 7.82. The fraction of sp³-hybridized carbons (Fsp3) is 0.231. The van der Waals surface area contributed by atoms with Gasteiger partial charge in [0.25, 0.3) is 0 Å². The van der Waals surface area contributed by atoms with Crippen LogP contribution in [0.2, 0.25) is 0 Å². The molecule has 3 aromatic carbocycles. The van der Waals surface area contributed by atoms with Crippen molar-refractivity contribution in [3.8, 4) is 16.9 Å². The van der Waals surface area contributed by atoms with Crippen molar-refractivity contribution in [2.24, 2.45) is 0 Å². The molecule has 0 bridgehead atoms. The van der Waals surface area contributed by atoms with Gasteiger partial charge >= 0.3 is 12.1 Å². The third kappa shape index (κ3) is 4.17. The highest BCUT2D eigenvalue weighted by Crippen LogP contribution is 2.44. The summed E-state index contributed by atoms with van der Waals surface area (Å²) >= 11 is 0. The molecule has 1 atom stereocenters. The standard InChI is InChI=1S/C26H25NO5/c1-27(24(25(29)31-2)15-17-11-13-18(28)14-12-17)26(30)32-16-23-21-9-5-3-7-19(21)20-8-4-6-10-22(20)23/h3-14,23-24,28H,15-16H2,1-2H3/t24-/m0/s1. The van der Waals surface area contributed by atoms with Crippen molar-refractivity contribution in [1.82, 2.24) is 4.90 Å². The Morgan fingerprint density at radius 3 is 2.06 bits per heavy atom. The zero-order valence-corrected chi connectivity index (χ0v) is 18.0. The number of benzene rings is 3. The monoisotopic (exact) mass is 431 g/mol. The van der Waals surface area contributed by atoms with E-state index < -0.39 is 18.1 Å². The molecule has 0 saturated heterocycles. The average Bonchev–Trinajstić information content (AvgIpc) is 3.15. The maximum atomic E-state index is 12.9. The maximum Gasteiger partial charge on any atom is 0.410 e. The van der Waals surface area contributed by atoms with E-state index >= 15 is 0 Å². The zero-order valence-electron chi connectivity index (χ0n) is 18.0. The predicted octanol–water partition coefficient (Wildman–Crippen LogP) is 4.36. The number of likely N-dealkylation sites (N-methyl/N-ethyl adjacent to an activating group) is 1. The van der Waals surface area contributed by atoms with Gasteiger partial charge in [-0.15, -0.1) is 0 Å². The largest absolute Gasteiger partial charge is 0.508 e. The summed E-state index contributed by atoms with van der Waals surface area (Å²) in [5.74, 6) is -0.462. The van der Waals surface area contributed by atoms with Crippen LogP contribution in [0.4, 0.5) is 4.79 Å². The smallest absolute Gasteiger partial charge is 0.410 e. The van der Waals surface area contributed by atoms with E-state index in [0.717, 1.165) is 27.8 Å². The van der Waals surface area contributed by atoms with E-state index in [-0.39, 0.29) is 24.7 Å². The summed E-state index contributed by atoms with van der Waals surface area (Å²) in [6.45, 7) is 0.171. The Balaban J connectivity index is 1.49. The molecule has 0 aliphatic heterocycles. The normalized spacial score (nSPS) is 13.1. The Kier molecular flexibility index (Phi) is 6.12. The number of methoxy groups -OCH3 is 1. The van der Waals surface area contributed by atoms with E-state index in [4.69, 9.17) is 9.47 Å². The minimum Gasteiger partial charge on any atom is -0.508 e. The van der Waals surface area contributed by atoms with Crippen molar-refractivity contribution in [2.45, 2.75) is 18.4 Å². The van der Waals surface area contributed by atoms with Crippen LogP contribution in [0.5, 0.6) is 5.75 Å². The molecule has 0 fully saturated rings. The number of phenolic OH excluding ortho intramolecular Hbond substituents is 1. The highest BCUT2D eigenvalue weighted by atomic mass is 16.6. The summed E-state index contributed by atoms with van der Waals surface area (Å²) in [5.41, 5.74) is 5.33. The number of carbonyl (C=O) groups is 2. The van der Waals surface area contributed by atoms with Gasteiger partial charge in [0.2, 0.25) is 0 Å². The van der Waals surface area contributed by atoms with Gasteiger partial charge in [-0.1, -0.05) is 60.7 Å². The van der Waals surface area contributed by atoms with Gasteiger partial charge in [-0.3, -0.25) is 4.90 Å². The number of aromatic hydroxyl groups is 1. The Morgan fingerprint density at radius 2 is 1.50 bits per heavy atom. The molecule has 1 aliphatic rings. The van der Waals surface area contributed by atoms with Crippen LogP contribution in [0.25, 0.3) is 11.1 Å². The van der Waals surface area contributed by atoms with Crippen LogP contribution >= 0.6 is 0 Å². The molecule has 0 saturated carbocycles. The Labute approximate surface area is 187 Å². The quantitative estimate of drug-likeness (QED) is 0.587. The molecular formula is C26H25NO5. The summed E-state index contributed by atoms with van der Waals surface area (Å²) in [6.07, 6.45) is -0.353. The molecule has 3 aromatic rings. The average molecular weight is 431 g/mol. The number of rotatable bonds is 6. The summed E-state index contributed by atoms with van der Waals surface area (Å²) < 4.78 is 10.6. The molecule has 0 unspecified atom stereocenters. The van der Waals surface area contributed by atoms with Crippen LogP contribution in [0.15, 0.2) is 72.8 Å². The van der Waals surface area contributed by atoms with Gasteiger partial charge in [0.1, 0.15) is 18.4 Å². The molecule has 164 valence electrons. The van der Waals surface area contributed by atoms with E-state index in [1.54, 1.807) is 12.1 Å². The van der Waals surface area contributed by atoms with E-state index in [9.17, 15) is 14.7 Å². The number of amides is 1. The Morgan fingerprint density at radius 1 is 0.938 bits per heavy atom. The molecular weight excluding hydrogens is 406 g/mol. The third-order valence-electron chi connectivity index (χ3n) is 5.93. The van der Waals surface area contributed by atoms with Crippen LogP contribution in [-0.4, -0.2) is 48.9 Å². The first-order valence-corrected chi connectivity index (χ1v) is 10.4. The summed E-state index contributed by atoms with van der Waals surface area (Å²) in [5, 5.41) is 9.48. The maximum absolute atomic E-state index is 12.9. The molecule has 0 spiro atoms. The number of hydrogen-bond donors (Lipinski definition) is 1. The van der Waals surface area contributed by atoms with Gasteiger partial charge in [-0.05, 0) is 39.9 Å². The first-order valence-electron chi connectivity index (χ1n) is 10.4. The molecule has 6 nitrogen and oxygen atoms in total. The molecule has 0 aromatic heterocycles. The lowest BCUT2D eigenvalue weighted by atomic mass is 9.98. The lowest BCUT2D eigenvalue weighted by Crippen LogP contribution is -2.45. The molecule has 1 N–H and O–H groups in total. The van der Waals surface area contributed by atoms with Gasteiger partial charge in [0.15, 0.2) is 0 Å². The number of phenols is 1. The summed E-state index contributed by atoms with van der Waals surface area (Å²) in [6, 6.07) is 21.9. The fourth-order valence-corrected chi connectivity index (χ4v) is 4.19.